The molecule has 11 nitrogen and oxygen atoms in total. The van der Waals surface area contributed by atoms with Gasteiger partial charge in [-0.25, -0.2) is 14.4 Å². The summed E-state index contributed by atoms with van der Waals surface area (Å²) in [5.74, 6) is -4.41. The minimum absolute atomic E-state index is 0.00621. The van der Waals surface area contributed by atoms with E-state index in [4.69, 9.17) is 14.2 Å². The van der Waals surface area contributed by atoms with Crippen molar-refractivity contribution in [3.8, 4) is 0 Å². The summed E-state index contributed by atoms with van der Waals surface area (Å²) < 4.78 is 15.3. The van der Waals surface area contributed by atoms with Crippen LogP contribution in [0.25, 0.3) is 0 Å². The molecule has 0 saturated heterocycles. The van der Waals surface area contributed by atoms with E-state index in [0.29, 0.717) is 0 Å². The van der Waals surface area contributed by atoms with E-state index in [2.05, 4.69) is 5.32 Å². The number of fused-ring (bicyclic) bond motifs is 1. The molecule has 0 fully saturated rings. The lowest BCUT2D eigenvalue weighted by atomic mass is 10.0. The van der Waals surface area contributed by atoms with Gasteiger partial charge >= 0.3 is 17.9 Å². The first-order valence-electron chi connectivity index (χ1n) is 12.4. The van der Waals surface area contributed by atoms with Gasteiger partial charge in [-0.15, -0.1) is 11.3 Å². The van der Waals surface area contributed by atoms with E-state index in [9.17, 15) is 28.8 Å². The van der Waals surface area contributed by atoms with Gasteiger partial charge in [-0.05, 0) is 50.8 Å². The molecule has 0 unspecified atom stereocenters. The second-order valence-corrected chi connectivity index (χ2v) is 10.0. The molecule has 0 aliphatic carbocycles. The van der Waals surface area contributed by atoms with Gasteiger partial charge in [0.2, 0.25) is 0 Å². The average Bonchev–Trinajstić information content (AvgIpc) is 3.34. The van der Waals surface area contributed by atoms with Crippen molar-refractivity contribution < 1.29 is 43.0 Å². The van der Waals surface area contributed by atoms with Crippen LogP contribution in [0.3, 0.4) is 0 Å². The highest BCUT2D eigenvalue weighted by atomic mass is 32.1. The Morgan fingerprint density at radius 2 is 1.49 bits per heavy atom. The number of anilines is 1. The van der Waals surface area contributed by atoms with Gasteiger partial charge in [-0.2, -0.15) is 0 Å². The van der Waals surface area contributed by atoms with Crippen LogP contribution in [0.4, 0.5) is 5.00 Å². The molecule has 3 rings (SSSR count). The van der Waals surface area contributed by atoms with Gasteiger partial charge in [0.1, 0.15) is 15.9 Å². The first kappa shape index (κ1) is 29.5. The number of thiophene rings is 1. The number of carbonyl (C=O) groups excluding carboxylic acids is 6. The van der Waals surface area contributed by atoms with Gasteiger partial charge in [-0.3, -0.25) is 19.3 Å². The average molecular weight is 559 g/mol. The zero-order valence-electron chi connectivity index (χ0n) is 22.3. The molecule has 0 bridgehead atoms. The number of nitrogens with one attached hydrogen (secondary N) is 1. The summed E-state index contributed by atoms with van der Waals surface area (Å²) in [6.45, 7) is 7.86. The van der Waals surface area contributed by atoms with E-state index in [-0.39, 0.29) is 57.7 Å². The Morgan fingerprint density at radius 3 is 2.03 bits per heavy atom. The molecule has 39 heavy (non-hydrogen) atoms. The van der Waals surface area contributed by atoms with Crippen molar-refractivity contribution in [2.24, 2.45) is 5.92 Å². The van der Waals surface area contributed by atoms with Crippen LogP contribution in [0.2, 0.25) is 0 Å². The smallest absolute Gasteiger partial charge is 0.348 e. The van der Waals surface area contributed by atoms with Crippen LogP contribution in [0.5, 0.6) is 0 Å². The van der Waals surface area contributed by atoms with Gasteiger partial charge < -0.3 is 19.5 Å². The Kier molecular flexibility index (Phi) is 9.57. The Bertz CT molecular complexity index is 1280. The quantitative estimate of drug-likeness (QED) is 0.248. The fourth-order valence-electron chi connectivity index (χ4n) is 4.08. The van der Waals surface area contributed by atoms with Crippen molar-refractivity contribution in [3.05, 3.63) is 51.4 Å². The van der Waals surface area contributed by atoms with Gasteiger partial charge in [-0.1, -0.05) is 26.0 Å². The number of benzene rings is 1. The van der Waals surface area contributed by atoms with Crippen molar-refractivity contribution in [2.75, 3.05) is 25.1 Å². The molecule has 1 atom stereocenters. The zero-order valence-corrected chi connectivity index (χ0v) is 23.1. The largest absolute Gasteiger partial charge is 0.462 e. The molecule has 0 saturated carbocycles. The highest BCUT2D eigenvalue weighted by Gasteiger charge is 2.43. The maximum Gasteiger partial charge on any atom is 0.348 e. The molecule has 2 heterocycles. The first-order valence-corrected chi connectivity index (χ1v) is 13.2. The van der Waals surface area contributed by atoms with E-state index in [1.165, 1.54) is 19.1 Å². The predicted octanol–water partition coefficient (Wildman–Crippen LogP) is 3.60. The minimum Gasteiger partial charge on any atom is -0.462 e. The molecule has 12 heteroatoms. The molecule has 208 valence electrons. The normalized spacial score (nSPS) is 13.2. The Hall–Kier alpha value is -4.06. The van der Waals surface area contributed by atoms with Crippen molar-refractivity contribution in [1.82, 2.24) is 4.90 Å². The SMILES string of the molecule is CCOC(=O)c1sc(NC(=O)COC(=O)[C@@H](CC(C)C)N2C(=O)c3ccccc3C2=O)c(C(=O)OCC)c1C. The van der Waals surface area contributed by atoms with Crippen molar-refractivity contribution in [1.29, 1.82) is 0 Å². The molecule has 0 spiro atoms. The fourth-order valence-corrected chi connectivity index (χ4v) is 5.19. The van der Waals surface area contributed by atoms with E-state index in [1.807, 2.05) is 13.8 Å². The maximum absolute atomic E-state index is 13.1. The molecule has 2 aromatic rings. The maximum atomic E-state index is 13.1. The van der Waals surface area contributed by atoms with Crippen LogP contribution >= 0.6 is 11.3 Å². The summed E-state index contributed by atoms with van der Waals surface area (Å²) in [7, 11) is 0. The molecular formula is C27H30N2O9S. The molecule has 1 N–H and O–H groups in total. The first-order chi connectivity index (χ1) is 18.5. The Balaban J connectivity index is 1.77. The van der Waals surface area contributed by atoms with Gasteiger partial charge in [0.15, 0.2) is 6.61 Å². The standard InChI is InChI=1S/C27H30N2O9S/c1-6-36-26(34)20-15(5)21(27(35)37-7-2)39-22(20)28-19(30)13-38-25(33)18(12-14(3)4)29-23(31)16-10-8-9-11-17(16)24(29)32/h8-11,14,18H,6-7,12-13H2,1-5H3,(H,28,30)/t18-/m1/s1. The summed E-state index contributed by atoms with van der Waals surface area (Å²) in [4.78, 5) is 77.6. The summed E-state index contributed by atoms with van der Waals surface area (Å²) in [6.07, 6.45) is 0.131. The highest BCUT2D eigenvalue weighted by Crippen LogP contribution is 2.34. The Labute approximate surface area is 229 Å². The molecule has 1 aromatic heterocycles. The zero-order chi connectivity index (χ0) is 28.9. The molecule has 1 aromatic carbocycles. The number of rotatable bonds is 11. The third kappa shape index (κ3) is 6.33. The summed E-state index contributed by atoms with van der Waals surface area (Å²) in [5, 5.41) is 2.53. The number of esters is 3. The van der Waals surface area contributed by atoms with Crippen molar-refractivity contribution >= 4 is 52.0 Å². The van der Waals surface area contributed by atoms with E-state index in [1.54, 1.807) is 26.0 Å². The van der Waals surface area contributed by atoms with Crippen LogP contribution < -0.4 is 5.32 Å². The molecule has 1 aliphatic rings. The van der Waals surface area contributed by atoms with E-state index < -0.39 is 48.3 Å². The molecule has 3 amide bonds. The second kappa shape index (κ2) is 12.7. The van der Waals surface area contributed by atoms with Gasteiger partial charge in [0, 0.05) is 0 Å². The summed E-state index contributed by atoms with van der Waals surface area (Å²) in [5.41, 5.74) is 0.664. The monoisotopic (exact) mass is 558 g/mol. The number of nitrogens with zero attached hydrogens (tertiary/aromatic N) is 1. The lowest BCUT2D eigenvalue weighted by molar-refractivity contribution is -0.151. The van der Waals surface area contributed by atoms with Crippen LogP contribution in [-0.4, -0.2) is 66.4 Å². The Morgan fingerprint density at radius 1 is 0.923 bits per heavy atom. The summed E-state index contributed by atoms with van der Waals surface area (Å²) in [6, 6.07) is 5.03. The number of hydrogen-bond acceptors (Lipinski definition) is 10. The molecule has 1 aliphatic heterocycles. The highest BCUT2D eigenvalue weighted by molar-refractivity contribution is 7.18. The minimum atomic E-state index is -1.24. The van der Waals surface area contributed by atoms with Crippen molar-refractivity contribution in [2.45, 2.75) is 47.1 Å². The third-order valence-electron chi connectivity index (χ3n) is 5.79. The van der Waals surface area contributed by atoms with E-state index >= 15 is 0 Å². The van der Waals surface area contributed by atoms with E-state index in [0.717, 1.165) is 16.2 Å². The summed E-state index contributed by atoms with van der Waals surface area (Å²) >= 11 is 0.834. The second-order valence-electron chi connectivity index (χ2n) is 9.03. The topological polar surface area (TPSA) is 145 Å². The molecular weight excluding hydrogens is 528 g/mol. The number of hydrogen-bond donors (Lipinski definition) is 1. The predicted molar refractivity (Wildman–Crippen MR) is 141 cm³/mol. The van der Waals surface area contributed by atoms with Crippen LogP contribution in [-0.2, 0) is 23.8 Å². The number of ether oxygens (including phenoxy) is 3. The number of carbonyl (C=O) groups is 6. The van der Waals surface area contributed by atoms with Gasteiger partial charge in [0.25, 0.3) is 17.7 Å². The van der Waals surface area contributed by atoms with Crippen LogP contribution in [0.15, 0.2) is 24.3 Å². The third-order valence-corrected chi connectivity index (χ3v) is 6.98. The lowest BCUT2D eigenvalue weighted by Gasteiger charge is -2.25. The van der Waals surface area contributed by atoms with Crippen LogP contribution in [0.1, 0.15) is 80.4 Å². The number of imide groups is 1. The van der Waals surface area contributed by atoms with Crippen molar-refractivity contribution in [3.63, 3.8) is 0 Å². The lowest BCUT2D eigenvalue weighted by Crippen LogP contribution is -2.46. The van der Waals surface area contributed by atoms with Gasteiger partial charge in [0.05, 0.1) is 29.9 Å². The fraction of sp³-hybridized carbons (Fsp3) is 0.407. The molecule has 0 radical (unpaired) electrons. The van der Waals surface area contributed by atoms with Crippen LogP contribution in [0, 0.1) is 12.8 Å². The number of amides is 3.